The lowest BCUT2D eigenvalue weighted by Crippen LogP contribution is -2.30. The Kier molecular flexibility index (Phi) is 6.29. The van der Waals surface area contributed by atoms with Gasteiger partial charge in [0.15, 0.2) is 11.9 Å². The molecule has 5 nitrogen and oxygen atoms in total. The quantitative estimate of drug-likeness (QED) is 0.574. The third-order valence-corrected chi connectivity index (χ3v) is 4.45. The lowest BCUT2D eigenvalue weighted by Gasteiger charge is -2.16. The van der Waals surface area contributed by atoms with Crippen LogP contribution in [0.3, 0.4) is 0 Å². The molecule has 1 heterocycles. The van der Waals surface area contributed by atoms with Gasteiger partial charge in [0, 0.05) is 34.2 Å². The van der Waals surface area contributed by atoms with Crippen LogP contribution in [0.25, 0.3) is 0 Å². The van der Waals surface area contributed by atoms with Crippen molar-refractivity contribution in [1.82, 2.24) is 4.98 Å². The Morgan fingerprint density at radius 3 is 2.25 bits per heavy atom. The van der Waals surface area contributed by atoms with E-state index in [1.165, 1.54) is 0 Å². The molecule has 7 heteroatoms. The zero-order valence-electron chi connectivity index (χ0n) is 14.9. The fraction of sp³-hybridized carbons (Fsp3) is 0.0952. The van der Waals surface area contributed by atoms with E-state index in [-0.39, 0.29) is 11.7 Å². The molecule has 1 N–H and O–H groups in total. The van der Waals surface area contributed by atoms with Crippen molar-refractivity contribution < 1.29 is 14.3 Å². The van der Waals surface area contributed by atoms with Crippen molar-refractivity contribution in [3.8, 4) is 5.75 Å². The van der Waals surface area contributed by atoms with Crippen LogP contribution in [0.5, 0.6) is 5.75 Å². The van der Waals surface area contributed by atoms with E-state index in [9.17, 15) is 9.59 Å². The van der Waals surface area contributed by atoms with Crippen LogP contribution in [0.2, 0.25) is 10.0 Å². The molecule has 0 radical (unpaired) electrons. The molecule has 0 bridgehead atoms. The number of pyridine rings is 1. The first kappa shape index (κ1) is 19.9. The van der Waals surface area contributed by atoms with Crippen molar-refractivity contribution in [2.24, 2.45) is 0 Å². The molecule has 1 aromatic heterocycles. The molecule has 28 heavy (non-hydrogen) atoms. The highest BCUT2D eigenvalue weighted by Crippen LogP contribution is 2.28. The number of anilines is 1. The maximum atomic E-state index is 12.4. The van der Waals surface area contributed by atoms with E-state index in [2.05, 4.69) is 10.3 Å². The van der Waals surface area contributed by atoms with E-state index >= 15 is 0 Å². The monoisotopic (exact) mass is 414 g/mol. The summed E-state index contributed by atoms with van der Waals surface area (Å²) in [6.45, 7) is 1.61. The van der Waals surface area contributed by atoms with Gasteiger partial charge in [0.2, 0.25) is 0 Å². The molecule has 1 unspecified atom stereocenters. The van der Waals surface area contributed by atoms with Gasteiger partial charge >= 0.3 is 0 Å². The largest absolute Gasteiger partial charge is 0.479 e. The minimum atomic E-state index is -0.781. The lowest BCUT2D eigenvalue weighted by atomic mass is 10.0. The van der Waals surface area contributed by atoms with Gasteiger partial charge < -0.3 is 10.1 Å². The summed E-state index contributed by atoms with van der Waals surface area (Å²) >= 11 is 11.9. The minimum absolute atomic E-state index is 0.116. The summed E-state index contributed by atoms with van der Waals surface area (Å²) < 4.78 is 5.59. The number of hydrogen-bond acceptors (Lipinski definition) is 4. The van der Waals surface area contributed by atoms with Gasteiger partial charge in [0.1, 0.15) is 5.75 Å². The van der Waals surface area contributed by atoms with Gasteiger partial charge in [-0.1, -0.05) is 23.2 Å². The van der Waals surface area contributed by atoms with Crippen molar-refractivity contribution in [3.63, 3.8) is 0 Å². The Labute approximate surface area is 172 Å². The molecule has 2 aromatic carbocycles. The first-order chi connectivity index (χ1) is 13.4. The Morgan fingerprint density at radius 2 is 1.61 bits per heavy atom. The number of carbonyl (C=O) groups is 2. The fourth-order valence-corrected chi connectivity index (χ4v) is 2.89. The second-order valence-electron chi connectivity index (χ2n) is 5.97. The number of carbonyl (C=O) groups excluding carboxylic acids is 2. The smallest absolute Gasteiger partial charge is 0.265 e. The summed E-state index contributed by atoms with van der Waals surface area (Å²) in [6, 6.07) is 14.7. The Balaban J connectivity index is 1.63. The van der Waals surface area contributed by atoms with Crippen LogP contribution in [-0.2, 0) is 4.79 Å². The van der Waals surface area contributed by atoms with Gasteiger partial charge in [-0.15, -0.1) is 0 Å². The highest BCUT2D eigenvalue weighted by molar-refractivity contribution is 6.35. The average molecular weight is 415 g/mol. The predicted octanol–water partition coefficient (Wildman–Crippen LogP) is 5.03. The maximum absolute atomic E-state index is 12.4. The van der Waals surface area contributed by atoms with E-state index < -0.39 is 6.10 Å². The molecule has 1 atom stereocenters. The molecule has 0 aliphatic carbocycles. The van der Waals surface area contributed by atoms with Crippen LogP contribution in [0.1, 0.15) is 22.8 Å². The second kappa shape index (κ2) is 8.87. The number of ketones is 1. The van der Waals surface area contributed by atoms with Crippen LogP contribution in [0.15, 0.2) is 67.0 Å². The van der Waals surface area contributed by atoms with E-state index in [0.717, 1.165) is 0 Å². The van der Waals surface area contributed by atoms with Crippen molar-refractivity contribution in [2.45, 2.75) is 13.0 Å². The number of rotatable bonds is 6. The molecular formula is C21H16Cl2N2O3. The molecule has 0 spiro atoms. The first-order valence-corrected chi connectivity index (χ1v) is 9.17. The third kappa shape index (κ3) is 4.88. The summed E-state index contributed by atoms with van der Waals surface area (Å²) in [4.78, 5) is 28.6. The standard InChI is InChI=1S/C21H16Cl2N2O3/c1-13(28-19-7-4-16(22)12-18(19)23)21(27)25-17-5-2-14(3-6-17)20(26)15-8-10-24-11-9-15/h2-13H,1H3,(H,25,27). The molecule has 0 saturated heterocycles. The first-order valence-electron chi connectivity index (χ1n) is 8.41. The zero-order valence-corrected chi connectivity index (χ0v) is 16.4. The fourth-order valence-electron chi connectivity index (χ4n) is 2.43. The number of ether oxygens (including phenoxy) is 1. The highest BCUT2D eigenvalue weighted by Gasteiger charge is 2.17. The van der Waals surface area contributed by atoms with Crippen LogP contribution in [-0.4, -0.2) is 22.8 Å². The van der Waals surface area contributed by atoms with Crippen molar-refractivity contribution in [1.29, 1.82) is 0 Å². The Morgan fingerprint density at radius 1 is 0.964 bits per heavy atom. The topological polar surface area (TPSA) is 68.3 Å². The number of aromatic nitrogens is 1. The number of nitrogens with one attached hydrogen (secondary N) is 1. The highest BCUT2D eigenvalue weighted by atomic mass is 35.5. The molecular weight excluding hydrogens is 399 g/mol. The van der Waals surface area contributed by atoms with Gasteiger partial charge in [0.05, 0.1) is 5.02 Å². The number of nitrogens with zero attached hydrogens (tertiary/aromatic N) is 1. The maximum Gasteiger partial charge on any atom is 0.265 e. The average Bonchev–Trinajstić information content (AvgIpc) is 2.70. The molecule has 1 amide bonds. The summed E-state index contributed by atoms with van der Waals surface area (Å²) in [6.07, 6.45) is 2.35. The molecule has 3 rings (SSSR count). The molecule has 0 saturated carbocycles. The Hall–Kier alpha value is -2.89. The second-order valence-corrected chi connectivity index (χ2v) is 6.81. The molecule has 142 valence electrons. The minimum Gasteiger partial charge on any atom is -0.479 e. The van der Waals surface area contributed by atoms with Crippen LogP contribution in [0.4, 0.5) is 5.69 Å². The van der Waals surface area contributed by atoms with Crippen molar-refractivity contribution >= 4 is 40.6 Å². The molecule has 3 aromatic rings. The van der Waals surface area contributed by atoms with Gasteiger partial charge in [-0.3, -0.25) is 14.6 Å². The Bertz CT molecular complexity index is 992. The normalized spacial score (nSPS) is 11.5. The number of amides is 1. The molecule has 0 aliphatic heterocycles. The van der Waals surface area contributed by atoms with E-state index in [0.29, 0.717) is 32.6 Å². The molecule has 0 aliphatic rings. The van der Waals surface area contributed by atoms with Crippen LogP contribution < -0.4 is 10.1 Å². The van der Waals surface area contributed by atoms with E-state index in [1.54, 1.807) is 73.9 Å². The van der Waals surface area contributed by atoms with E-state index in [4.69, 9.17) is 27.9 Å². The number of hydrogen-bond donors (Lipinski definition) is 1. The van der Waals surface area contributed by atoms with E-state index in [1.807, 2.05) is 0 Å². The number of halogens is 2. The molecule has 0 fully saturated rings. The van der Waals surface area contributed by atoms with Gasteiger partial charge in [-0.25, -0.2) is 0 Å². The van der Waals surface area contributed by atoms with Crippen molar-refractivity contribution in [3.05, 3.63) is 88.2 Å². The van der Waals surface area contributed by atoms with Gasteiger partial charge in [-0.2, -0.15) is 0 Å². The van der Waals surface area contributed by atoms with Gasteiger partial charge in [-0.05, 0) is 61.5 Å². The third-order valence-electron chi connectivity index (χ3n) is 3.92. The van der Waals surface area contributed by atoms with Crippen molar-refractivity contribution in [2.75, 3.05) is 5.32 Å². The SMILES string of the molecule is CC(Oc1ccc(Cl)cc1Cl)C(=O)Nc1ccc(C(=O)c2ccncc2)cc1. The van der Waals surface area contributed by atoms with Crippen LogP contribution >= 0.6 is 23.2 Å². The van der Waals surface area contributed by atoms with Gasteiger partial charge in [0.25, 0.3) is 5.91 Å². The summed E-state index contributed by atoms with van der Waals surface area (Å²) in [5, 5.41) is 3.55. The summed E-state index contributed by atoms with van der Waals surface area (Å²) in [5.41, 5.74) is 1.61. The zero-order chi connectivity index (χ0) is 20.1. The summed E-state index contributed by atoms with van der Waals surface area (Å²) in [5.74, 6) is -0.0967. The number of benzene rings is 2. The lowest BCUT2D eigenvalue weighted by molar-refractivity contribution is -0.122. The predicted molar refractivity (Wildman–Crippen MR) is 109 cm³/mol. The van der Waals surface area contributed by atoms with Crippen LogP contribution in [0, 0.1) is 0 Å². The summed E-state index contributed by atoms with van der Waals surface area (Å²) in [7, 11) is 0.